The summed E-state index contributed by atoms with van der Waals surface area (Å²) in [6.07, 6.45) is 5.66. The van der Waals surface area contributed by atoms with E-state index in [1.165, 1.54) is 12.1 Å². The normalized spacial score (nSPS) is 13.1. The van der Waals surface area contributed by atoms with Gasteiger partial charge in [-0.3, -0.25) is 0 Å². The van der Waals surface area contributed by atoms with Gasteiger partial charge in [-0.05, 0) is 23.6 Å². The summed E-state index contributed by atoms with van der Waals surface area (Å²) in [5.74, 6) is 0.113. The van der Waals surface area contributed by atoms with E-state index in [1.807, 2.05) is 12.2 Å². The van der Waals surface area contributed by atoms with E-state index >= 15 is 0 Å². The topological polar surface area (TPSA) is 0 Å². The Morgan fingerprint density at radius 3 is 2.46 bits per heavy atom. The number of halogens is 1. The molecule has 0 radical (unpaired) electrons. The third-order valence-electron chi connectivity index (χ3n) is 1.93. The fraction of sp³-hybridized carbons (Fsp3) is 0.167. The summed E-state index contributed by atoms with van der Waals surface area (Å²) >= 11 is 0. The number of rotatable bonds is 3. The summed E-state index contributed by atoms with van der Waals surface area (Å²) in [6.45, 7) is 5.66. The van der Waals surface area contributed by atoms with Gasteiger partial charge < -0.3 is 0 Å². The van der Waals surface area contributed by atoms with Gasteiger partial charge in [0.2, 0.25) is 0 Å². The Labute approximate surface area is 78.4 Å². The predicted octanol–water partition coefficient (Wildman–Crippen LogP) is 3.67. The molecule has 1 unspecified atom stereocenters. The van der Waals surface area contributed by atoms with Crippen molar-refractivity contribution in [3.63, 3.8) is 0 Å². The van der Waals surface area contributed by atoms with Gasteiger partial charge in [-0.25, -0.2) is 4.39 Å². The molecule has 0 bridgehead atoms. The maximum absolute atomic E-state index is 12.6. The highest BCUT2D eigenvalue weighted by Gasteiger charge is 1.99. The quantitative estimate of drug-likeness (QED) is 0.616. The van der Waals surface area contributed by atoms with Crippen molar-refractivity contribution in [2.24, 2.45) is 0 Å². The molecule has 0 saturated heterocycles. The van der Waals surface area contributed by atoms with Crippen LogP contribution < -0.4 is 0 Å². The highest BCUT2D eigenvalue weighted by molar-refractivity contribution is 5.24. The Kier molecular flexibility index (Phi) is 3.44. The smallest absolute Gasteiger partial charge is 0.123 e. The maximum Gasteiger partial charge on any atom is 0.123 e. The lowest BCUT2D eigenvalue weighted by atomic mass is 10.0. The largest absolute Gasteiger partial charge is 0.207 e. The maximum atomic E-state index is 12.6. The summed E-state index contributed by atoms with van der Waals surface area (Å²) < 4.78 is 12.6. The first kappa shape index (κ1) is 9.72. The van der Waals surface area contributed by atoms with E-state index in [-0.39, 0.29) is 5.82 Å². The number of benzene rings is 1. The zero-order chi connectivity index (χ0) is 9.68. The van der Waals surface area contributed by atoms with Gasteiger partial charge in [-0.1, -0.05) is 43.9 Å². The minimum absolute atomic E-state index is 0.191. The van der Waals surface area contributed by atoms with Crippen LogP contribution in [0.4, 0.5) is 4.39 Å². The summed E-state index contributed by atoms with van der Waals surface area (Å²) in [7, 11) is 0. The van der Waals surface area contributed by atoms with Crippen LogP contribution in [0.25, 0.3) is 0 Å². The Hall–Kier alpha value is -1.37. The van der Waals surface area contributed by atoms with Crippen molar-refractivity contribution in [3.05, 3.63) is 60.5 Å². The molecule has 0 saturated carbocycles. The fourth-order valence-electron chi connectivity index (χ4n) is 1.12. The molecular weight excluding hydrogens is 163 g/mol. The number of hydrogen-bond acceptors (Lipinski definition) is 0. The molecule has 13 heavy (non-hydrogen) atoms. The predicted molar refractivity (Wildman–Crippen MR) is 54.2 cm³/mol. The molecule has 0 amide bonds. The van der Waals surface area contributed by atoms with E-state index in [0.29, 0.717) is 5.92 Å². The van der Waals surface area contributed by atoms with E-state index < -0.39 is 0 Å². The Morgan fingerprint density at radius 2 is 1.92 bits per heavy atom. The van der Waals surface area contributed by atoms with Crippen LogP contribution in [0.1, 0.15) is 18.4 Å². The van der Waals surface area contributed by atoms with Crippen LogP contribution in [0, 0.1) is 5.82 Å². The number of hydrogen-bond donors (Lipinski definition) is 0. The molecule has 0 aliphatic carbocycles. The Balaban J connectivity index is 2.77. The minimum Gasteiger partial charge on any atom is -0.207 e. The lowest BCUT2D eigenvalue weighted by Crippen LogP contribution is -1.88. The molecule has 0 nitrogen and oxygen atoms in total. The molecule has 68 valence electrons. The molecule has 0 aliphatic rings. The molecule has 0 aromatic heterocycles. The second-order valence-corrected chi connectivity index (χ2v) is 2.96. The SMILES string of the molecule is C=C/C=C/C(C)c1ccc(F)cc1. The first-order valence-electron chi connectivity index (χ1n) is 4.28. The van der Waals surface area contributed by atoms with E-state index in [9.17, 15) is 4.39 Å². The van der Waals surface area contributed by atoms with Crippen LogP contribution >= 0.6 is 0 Å². The van der Waals surface area contributed by atoms with Crippen LogP contribution in [-0.4, -0.2) is 0 Å². The lowest BCUT2D eigenvalue weighted by molar-refractivity contribution is 0.626. The van der Waals surface area contributed by atoms with Gasteiger partial charge in [-0.2, -0.15) is 0 Å². The van der Waals surface area contributed by atoms with Crippen LogP contribution in [0.2, 0.25) is 0 Å². The van der Waals surface area contributed by atoms with Crippen LogP contribution in [-0.2, 0) is 0 Å². The van der Waals surface area contributed by atoms with Gasteiger partial charge in [0.15, 0.2) is 0 Å². The summed E-state index contributed by atoms with van der Waals surface area (Å²) in [5, 5.41) is 0. The van der Waals surface area contributed by atoms with E-state index in [2.05, 4.69) is 13.5 Å². The molecular formula is C12H13F. The van der Waals surface area contributed by atoms with Crippen molar-refractivity contribution >= 4 is 0 Å². The van der Waals surface area contributed by atoms with Crippen LogP contribution in [0.3, 0.4) is 0 Å². The molecule has 1 aromatic rings. The second kappa shape index (κ2) is 4.61. The monoisotopic (exact) mass is 176 g/mol. The average molecular weight is 176 g/mol. The molecule has 1 aromatic carbocycles. The van der Waals surface area contributed by atoms with Crippen molar-refractivity contribution in [1.82, 2.24) is 0 Å². The summed E-state index contributed by atoms with van der Waals surface area (Å²) in [4.78, 5) is 0. The Bertz CT molecular complexity index is 295. The standard InChI is InChI=1S/C12H13F/c1-3-4-5-10(2)11-6-8-12(13)9-7-11/h3-10H,1H2,2H3/b5-4+. The van der Waals surface area contributed by atoms with Crippen molar-refractivity contribution in [2.45, 2.75) is 12.8 Å². The summed E-state index contributed by atoms with van der Waals surface area (Å²) in [6, 6.07) is 6.56. The fourth-order valence-corrected chi connectivity index (χ4v) is 1.12. The molecule has 0 heterocycles. The van der Waals surface area contributed by atoms with Crippen LogP contribution in [0.5, 0.6) is 0 Å². The van der Waals surface area contributed by atoms with E-state index in [1.54, 1.807) is 18.2 Å². The zero-order valence-corrected chi connectivity index (χ0v) is 7.70. The molecule has 0 spiro atoms. The molecule has 0 N–H and O–H groups in total. The van der Waals surface area contributed by atoms with Gasteiger partial charge in [0, 0.05) is 0 Å². The summed E-state index contributed by atoms with van der Waals surface area (Å²) in [5.41, 5.74) is 1.11. The van der Waals surface area contributed by atoms with Gasteiger partial charge in [0.1, 0.15) is 5.82 Å². The minimum atomic E-state index is -0.191. The van der Waals surface area contributed by atoms with Gasteiger partial charge in [-0.15, -0.1) is 0 Å². The zero-order valence-electron chi connectivity index (χ0n) is 7.70. The molecule has 1 heteroatoms. The molecule has 1 rings (SSSR count). The molecule has 1 atom stereocenters. The van der Waals surface area contributed by atoms with Crippen molar-refractivity contribution in [2.75, 3.05) is 0 Å². The lowest BCUT2D eigenvalue weighted by Gasteiger charge is -2.05. The van der Waals surface area contributed by atoms with E-state index in [4.69, 9.17) is 0 Å². The highest BCUT2D eigenvalue weighted by atomic mass is 19.1. The first-order chi connectivity index (χ1) is 6.24. The third-order valence-corrected chi connectivity index (χ3v) is 1.93. The van der Waals surface area contributed by atoms with Gasteiger partial charge in [0.25, 0.3) is 0 Å². The van der Waals surface area contributed by atoms with Crippen molar-refractivity contribution in [1.29, 1.82) is 0 Å². The van der Waals surface area contributed by atoms with Gasteiger partial charge >= 0.3 is 0 Å². The van der Waals surface area contributed by atoms with Crippen LogP contribution in [0.15, 0.2) is 49.1 Å². The molecule has 0 fully saturated rings. The first-order valence-corrected chi connectivity index (χ1v) is 4.28. The van der Waals surface area contributed by atoms with E-state index in [0.717, 1.165) is 5.56 Å². The average Bonchev–Trinajstić information content (AvgIpc) is 2.15. The highest BCUT2D eigenvalue weighted by Crippen LogP contribution is 2.16. The number of allylic oxidation sites excluding steroid dienone is 3. The Morgan fingerprint density at radius 1 is 1.31 bits per heavy atom. The molecule has 0 aliphatic heterocycles. The second-order valence-electron chi connectivity index (χ2n) is 2.96. The van der Waals surface area contributed by atoms with Crippen molar-refractivity contribution < 1.29 is 4.39 Å². The van der Waals surface area contributed by atoms with Crippen molar-refractivity contribution in [3.8, 4) is 0 Å². The third kappa shape index (κ3) is 2.86. The van der Waals surface area contributed by atoms with Gasteiger partial charge in [0.05, 0.1) is 0 Å².